The number of anilines is 1. The van der Waals surface area contributed by atoms with Crippen molar-refractivity contribution < 1.29 is 18.6 Å². The van der Waals surface area contributed by atoms with Crippen molar-refractivity contribution in [1.82, 2.24) is 15.6 Å². The molecule has 29 heavy (non-hydrogen) atoms. The first-order valence-electron chi connectivity index (χ1n) is 8.75. The molecule has 11 heteroatoms. The Labute approximate surface area is 190 Å². The number of hydrogen-bond donors (Lipinski definition) is 3. The van der Waals surface area contributed by atoms with Crippen LogP contribution >= 0.6 is 35.3 Å². The van der Waals surface area contributed by atoms with Gasteiger partial charge in [-0.1, -0.05) is 12.1 Å². The van der Waals surface area contributed by atoms with Gasteiger partial charge in [0.05, 0.1) is 18.3 Å². The first kappa shape index (κ1) is 25.3. The molecule has 1 heterocycles. The predicted molar refractivity (Wildman–Crippen MR) is 123 cm³/mol. The second-order valence-electron chi connectivity index (χ2n) is 6.06. The van der Waals surface area contributed by atoms with Crippen molar-refractivity contribution in [2.24, 2.45) is 4.99 Å². The van der Waals surface area contributed by atoms with Gasteiger partial charge in [0.1, 0.15) is 5.75 Å². The minimum absolute atomic E-state index is 0. The van der Waals surface area contributed by atoms with Crippen LogP contribution in [0.4, 0.5) is 13.9 Å². The van der Waals surface area contributed by atoms with Crippen LogP contribution in [0.5, 0.6) is 5.75 Å². The fourth-order valence-electron chi connectivity index (χ4n) is 2.26. The van der Waals surface area contributed by atoms with Crippen LogP contribution in [0, 0.1) is 0 Å². The van der Waals surface area contributed by atoms with E-state index in [-0.39, 0.29) is 36.3 Å². The maximum absolute atomic E-state index is 12.2. The molecular weight excluding hydrogens is 515 g/mol. The van der Waals surface area contributed by atoms with E-state index in [0.717, 1.165) is 10.8 Å². The molecule has 0 saturated heterocycles. The molecule has 1 aromatic heterocycles. The van der Waals surface area contributed by atoms with E-state index in [1.54, 1.807) is 23.5 Å². The van der Waals surface area contributed by atoms with E-state index in [0.29, 0.717) is 24.6 Å². The number of aromatic nitrogens is 1. The lowest BCUT2D eigenvalue weighted by Crippen LogP contribution is -2.39. The van der Waals surface area contributed by atoms with Crippen molar-refractivity contribution in [1.29, 1.82) is 0 Å². The Hall–Kier alpha value is -1.73. The van der Waals surface area contributed by atoms with Gasteiger partial charge in [0.2, 0.25) is 0 Å². The summed E-state index contributed by atoms with van der Waals surface area (Å²) in [6.07, 6.45) is -0.830. The van der Waals surface area contributed by atoms with Crippen molar-refractivity contribution >= 4 is 46.4 Å². The number of nitrogens with one attached hydrogen (secondary N) is 2. The van der Waals surface area contributed by atoms with Crippen molar-refractivity contribution in [3.8, 4) is 5.75 Å². The minimum Gasteiger partial charge on any atom is -0.435 e. The van der Waals surface area contributed by atoms with Gasteiger partial charge in [-0.3, -0.25) is 0 Å². The Kier molecular flexibility index (Phi) is 11.1. The minimum atomic E-state index is -2.87. The number of benzene rings is 1. The molecule has 0 fully saturated rings. The fraction of sp³-hybridized carbons (Fsp3) is 0.444. The third-order valence-corrected chi connectivity index (χ3v) is 4.68. The van der Waals surface area contributed by atoms with Gasteiger partial charge in [0.15, 0.2) is 11.1 Å². The summed E-state index contributed by atoms with van der Waals surface area (Å²) >= 11 is 1.55. The maximum Gasteiger partial charge on any atom is 0.387 e. The molecule has 0 spiro atoms. The first-order chi connectivity index (χ1) is 13.4. The molecule has 1 aromatic carbocycles. The number of halogens is 3. The van der Waals surface area contributed by atoms with E-state index >= 15 is 0 Å². The Balaban J connectivity index is 0.00000420. The predicted octanol–water partition coefficient (Wildman–Crippen LogP) is 3.22. The Morgan fingerprint density at radius 1 is 1.28 bits per heavy atom. The van der Waals surface area contributed by atoms with Gasteiger partial charge in [-0.15, -0.1) is 35.3 Å². The van der Waals surface area contributed by atoms with Crippen LogP contribution in [0.3, 0.4) is 0 Å². The number of alkyl halides is 2. The van der Waals surface area contributed by atoms with E-state index in [1.165, 1.54) is 12.1 Å². The number of thiazole rings is 1. The molecule has 162 valence electrons. The largest absolute Gasteiger partial charge is 0.435 e. The second kappa shape index (κ2) is 12.8. The lowest BCUT2D eigenvalue weighted by atomic mass is 10.1. The van der Waals surface area contributed by atoms with E-state index < -0.39 is 12.7 Å². The molecular formula is C18H26F2IN5O2S. The fourth-order valence-corrected chi connectivity index (χ4v) is 3.01. The quantitative estimate of drug-likeness (QED) is 0.257. The van der Waals surface area contributed by atoms with Crippen molar-refractivity contribution in [3.05, 3.63) is 40.9 Å². The maximum atomic E-state index is 12.2. The summed E-state index contributed by atoms with van der Waals surface area (Å²) in [5, 5.41) is 19.4. The molecule has 0 aliphatic rings. The molecule has 1 atom stereocenters. The molecule has 2 rings (SSSR count). The van der Waals surface area contributed by atoms with E-state index in [9.17, 15) is 13.9 Å². The van der Waals surface area contributed by atoms with Crippen LogP contribution in [0.1, 0.15) is 24.3 Å². The highest BCUT2D eigenvalue weighted by Gasteiger charge is 2.10. The number of guanidine groups is 1. The summed E-state index contributed by atoms with van der Waals surface area (Å²) < 4.78 is 28.7. The van der Waals surface area contributed by atoms with Crippen molar-refractivity contribution in [3.63, 3.8) is 0 Å². The topological polar surface area (TPSA) is 82.0 Å². The average molecular weight is 541 g/mol. The Bertz CT molecular complexity index is 759. The molecule has 3 N–H and O–H groups in total. The smallest absolute Gasteiger partial charge is 0.387 e. The normalized spacial score (nSPS) is 12.3. The summed E-state index contributed by atoms with van der Waals surface area (Å²) in [5.41, 5.74) is 1.45. The average Bonchev–Trinajstić information content (AvgIpc) is 3.13. The third-order valence-electron chi connectivity index (χ3n) is 3.62. The number of hydrogen-bond acceptors (Lipinski definition) is 6. The van der Waals surface area contributed by atoms with Gasteiger partial charge in [-0.2, -0.15) is 8.78 Å². The van der Waals surface area contributed by atoms with Crippen LogP contribution in [-0.2, 0) is 6.54 Å². The zero-order valence-corrected chi connectivity index (χ0v) is 19.6. The van der Waals surface area contributed by atoms with Crippen LogP contribution in [-0.4, -0.2) is 49.8 Å². The van der Waals surface area contributed by atoms with Crippen LogP contribution in [0.25, 0.3) is 0 Å². The Morgan fingerprint density at radius 2 is 1.97 bits per heavy atom. The zero-order chi connectivity index (χ0) is 20.5. The molecule has 0 amide bonds. The molecule has 0 aliphatic carbocycles. The lowest BCUT2D eigenvalue weighted by molar-refractivity contribution is -0.0498. The van der Waals surface area contributed by atoms with Gasteiger partial charge < -0.3 is 25.4 Å². The van der Waals surface area contributed by atoms with E-state index in [4.69, 9.17) is 0 Å². The molecule has 7 nitrogen and oxygen atoms in total. The highest BCUT2D eigenvalue weighted by Crippen LogP contribution is 2.19. The monoisotopic (exact) mass is 541 g/mol. The number of nitrogens with zero attached hydrogens (tertiary/aromatic N) is 3. The number of rotatable bonds is 9. The van der Waals surface area contributed by atoms with Crippen molar-refractivity contribution in [2.75, 3.05) is 32.1 Å². The van der Waals surface area contributed by atoms with Crippen molar-refractivity contribution in [2.45, 2.75) is 26.2 Å². The van der Waals surface area contributed by atoms with Gasteiger partial charge in [-0.05, 0) is 24.6 Å². The first-order valence-corrected chi connectivity index (χ1v) is 9.63. The SMILES string of the molecule is CCNC(=NCc1csc(N(C)C)n1)NCC(O)c1ccc(OC(F)F)cc1.I. The number of aliphatic hydroxyl groups is 1. The summed E-state index contributed by atoms with van der Waals surface area (Å²) in [4.78, 5) is 10.9. The summed E-state index contributed by atoms with van der Waals surface area (Å²) in [6.45, 7) is 0.364. The lowest BCUT2D eigenvalue weighted by Gasteiger charge is -2.16. The van der Waals surface area contributed by atoms with Gasteiger partial charge in [0.25, 0.3) is 0 Å². The highest BCUT2D eigenvalue weighted by atomic mass is 127. The van der Waals surface area contributed by atoms with Gasteiger partial charge in [-0.25, -0.2) is 9.98 Å². The summed E-state index contributed by atoms with van der Waals surface area (Å²) in [6, 6.07) is 5.89. The van der Waals surface area contributed by atoms with Gasteiger partial charge >= 0.3 is 6.61 Å². The van der Waals surface area contributed by atoms with E-state index in [1.807, 2.05) is 31.3 Å². The summed E-state index contributed by atoms with van der Waals surface area (Å²) in [7, 11) is 3.87. The third kappa shape index (κ3) is 8.66. The second-order valence-corrected chi connectivity index (χ2v) is 6.89. The molecule has 0 bridgehead atoms. The van der Waals surface area contributed by atoms with Crippen LogP contribution in [0.2, 0.25) is 0 Å². The van der Waals surface area contributed by atoms with Gasteiger partial charge in [0, 0.05) is 32.6 Å². The number of ether oxygens (including phenoxy) is 1. The van der Waals surface area contributed by atoms with Crippen LogP contribution in [0.15, 0.2) is 34.6 Å². The highest BCUT2D eigenvalue weighted by molar-refractivity contribution is 14.0. The molecule has 0 aliphatic heterocycles. The number of aliphatic hydroxyl groups excluding tert-OH is 1. The molecule has 0 radical (unpaired) electrons. The zero-order valence-electron chi connectivity index (χ0n) is 16.4. The molecule has 0 saturated carbocycles. The molecule has 2 aromatic rings. The molecule has 1 unspecified atom stereocenters. The Morgan fingerprint density at radius 3 is 2.52 bits per heavy atom. The standard InChI is InChI=1S/C18H25F2N5O2S.HI/c1-4-21-17(22-9-13-11-28-18(24-13)25(2)3)23-10-15(26)12-5-7-14(8-6-12)27-16(19)20;/h5-8,11,15-16,26H,4,9-10H2,1-3H3,(H2,21,22,23);1H. The summed E-state index contributed by atoms with van der Waals surface area (Å²) in [5.74, 6) is 0.604. The van der Waals surface area contributed by atoms with E-state index in [2.05, 4.69) is 25.3 Å². The van der Waals surface area contributed by atoms with Crippen LogP contribution < -0.4 is 20.3 Å². The number of aliphatic imine (C=N–C) groups is 1.